The van der Waals surface area contributed by atoms with Crippen molar-refractivity contribution >= 4 is 50.6 Å². The fraction of sp³-hybridized carbons (Fsp3) is 0.182. The van der Waals surface area contributed by atoms with E-state index in [0.29, 0.717) is 28.0 Å². The average Bonchev–Trinajstić information content (AvgIpc) is 3.41. The van der Waals surface area contributed by atoms with Crippen molar-refractivity contribution in [3.8, 4) is 11.8 Å². The molecular formula is C22H19N5O2S2. The predicted molar refractivity (Wildman–Crippen MR) is 123 cm³/mol. The average molecular weight is 450 g/mol. The van der Waals surface area contributed by atoms with Gasteiger partial charge in [-0.1, -0.05) is 53.4 Å². The number of ketones is 1. The van der Waals surface area contributed by atoms with Gasteiger partial charge in [-0.05, 0) is 18.2 Å². The van der Waals surface area contributed by atoms with E-state index in [2.05, 4.69) is 21.6 Å². The number of rotatable bonds is 9. The highest BCUT2D eigenvalue weighted by molar-refractivity contribution is 8.01. The lowest BCUT2D eigenvalue weighted by molar-refractivity contribution is 0.102. The number of methoxy groups -OCH3 is 1. The summed E-state index contributed by atoms with van der Waals surface area (Å²) in [5.74, 6) is 0.997. The Morgan fingerprint density at radius 3 is 2.87 bits per heavy atom. The molecular weight excluding hydrogens is 430 g/mol. The standard InChI is InChI=1S/C22H19N5O2S2/c1-29-20-10-5-3-8-17(20)24-21-25-26-22(31-21)30-14-19(28)16-13-27(12-6-11-23)18-9-4-2-7-15(16)18/h2-5,7-10,13H,6,12,14H2,1H3,(H,24,25). The number of fused-ring (bicyclic) bond motifs is 1. The van der Waals surface area contributed by atoms with Crippen molar-refractivity contribution in [2.45, 2.75) is 17.3 Å². The number of nitrogens with zero attached hydrogens (tertiary/aromatic N) is 4. The van der Waals surface area contributed by atoms with Crippen LogP contribution in [0, 0.1) is 11.3 Å². The predicted octanol–water partition coefficient (Wildman–Crippen LogP) is 5.13. The van der Waals surface area contributed by atoms with Crippen molar-refractivity contribution in [2.24, 2.45) is 0 Å². The molecule has 0 spiro atoms. The third-order valence-corrected chi connectivity index (χ3v) is 6.61. The van der Waals surface area contributed by atoms with Crippen molar-refractivity contribution in [3.63, 3.8) is 0 Å². The molecule has 4 aromatic rings. The molecule has 0 aliphatic carbocycles. The number of hydrogen-bond acceptors (Lipinski definition) is 8. The number of ether oxygens (including phenoxy) is 1. The molecule has 2 aromatic heterocycles. The van der Waals surface area contributed by atoms with Gasteiger partial charge >= 0.3 is 0 Å². The molecule has 2 heterocycles. The van der Waals surface area contributed by atoms with E-state index in [1.807, 2.05) is 59.3 Å². The monoisotopic (exact) mass is 449 g/mol. The highest BCUT2D eigenvalue weighted by atomic mass is 32.2. The molecule has 0 amide bonds. The van der Waals surface area contributed by atoms with Gasteiger partial charge in [0.05, 0.1) is 31.0 Å². The van der Waals surface area contributed by atoms with Gasteiger partial charge in [-0.3, -0.25) is 4.79 Å². The molecule has 7 nitrogen and oxygen atoms in total. The van der Waals surface area contributed by atoms with Crippen molar-refractivity contribution in [1.82, 2.24) is 14.8 Å². The summed E-state index contributed by atoms with van der Waals surface area (Å²) in [6.07, 6.45) is 2.24. The number of Topliss-reactive ketones (excluding diaryl/α,β-unsaturated/α-hetero) is 1. The van der Waals surface area contributed by atoms with Crippen molar-refractivity contribution in [2.75, 3.05) is 18.2 Å². The lowest BCUT2D eigenvalue weighted by Gasteiger charge is -2.07. The Morgan fingerprint density at radius 1 is 1.23 bits per heavy atom. The summed E-state index contributed by atoms with van der Waals surface area (Å²) in [7, 11) is 1.62. The zero-order valence-corrected chi connectivity index (χ0v) is 18.4. The van der Waals surface area contributed by atoms with Gasteiger partial charge in [0.2, 0.25) is 5.13 Å². The molecule has 0 aliphatic rings. The summed E-state index contributed by atoms with van der Waals surface area (Å²) in [4.78, 5) is 12.9. The minimum absolute atomic E-state index is 0.0198. The number of carbonyl (C=O) groups is 1. The number of benzene rings is 2. The largest absolute Gasteiger partial charge is 0.495 e. The van der Waals surface area contributed by atoms with Crippen LogP contribution >= 0.6 is 23.1 Å². The number of hydrogen-bond donors (Lipinski definition) is 1. The zero-order chi connectivity index (χ0) is 21.6. The van der Waals surface area contributed by atoms with E-state index < -0.39 is 0 Å². The first-order chi connectivity index (χ1) is 15.2. The van der Waals surface area contributed by atoms with Crippen LogP contribution in [0.3, 0.4) is 0 Å². The first-order valence-electron chi connectivity index (χ1n) is 9.54. The number of anilines is 2. The maximum absolute atomic E-state index is 12.9. The first kappa shape index (κ1) is 20.9. The molecule has 0 saturated heterocycles. The molecule has 4 rings (SSSR count). The second-order valence-corrected chi connectivity index (χ2v) is 8.77. The number of para-hydroxylation sites is 3. The molecule has 2 aromatic carbocycles. The summed E-state index contributed by atoms with van der Waals surface area (Å²) in [6, 6.07) is 17.5. The fourth-order valence-corrected chi connectivity index (χ4v) is 4.86. The van der Waals surface area contributed by atoms with E-state index in [0.717, 1.165) is 22.3 Å². The number of nitriles is 1. The summed E-state index contributed by atoms with van der Waals surface area (Å²) in [5.41, 5.74) is 2.43. The number of aromatic nitrogens is 3. The Hall–Kier alpha value is -3.35. The Bertz CT molecular complexity index is 1260. The fourth-order valence-electron chi connectivity index (χ4n) is 3.21. The Morgan fingerprint density at radius 2 is 2.03 bits per heavy atom. The van der Waals surface area contributed by atoms with Gasteiger partial charge < -0.3 is 14.6 Å². The van der Waals surface area contributed by atoms with Gasteiger partial charge in [0.25, 0.3) is 0 Å². The third-order valence-electron chi connectivity index (χ3n) is 4.64. The van der Waals surface area contributed by atoms with Crippen molar-refractivity contribution in [1.29, 1.82) is 5.26 Å². The van der Waals surface area contributed by atoms with E-state index in [4.69, 9.17) is 10.00 Å². The molecule has 31 heavy (non-hydrogen) atoms. The molecule has 1 N–H and O–H groups in total. The van der Waals surface area contributed by atoms with Gasteiger partial charge in [-0.25, -0.2) is 0 Å². The third kappa shape index (κ3) is 4.71. The van der Waals surface area contributed by atoms with Crippen LogP contribution < -0.4 is 10.1 Å². The van der Waals surface area contributed by atoms with Crippen LogP contribution in [0.4, 0.5) is 10.8 Å². The summed E-state index contributed by atoms with van der Waals surface area (Å²) in [5, 5.41) is 22.0. The minimum atomic E-state index is 0.0198. The van der Waals surface area contributed by atoms with Crippen LogP contribution in [0.2, 0.25) is 0 Å². The summed E-state index contributed by atoms with van der Waals surface area (Å²) < 4.78 is 8.01. The van der Waals surface area contributed by atoms with E-state index in [1.54, 1.807) is 7.11 Å². The van der Waals surface area contributed by atoms with Crippen molar-refractivity contribution < 1.29 is 9.53 Å². The molecule has 0 atom stereocenters. The number of carbonyl (C=O) groups excluding carboxylic acids is 1. The first-order valence-corrected chi connectivity index (χ1v) is 11.3. The number of thioether (sulfide) groups is 1. The Balaban J connectivity index is 1.45. The molecule has 0 aliphatic heterocycles. The molecule has 156 valence electrons. The zero-order valence-electron chi connectivity index (χ0n) is 16.7. The lowest BCUT2D eigenvalue weighted by atomic mass is 10.1. The van der Waals surface area contributed by atoms with E-state index in [1.165, 1.54) is 23.1 Å². The van der Waals surface area contributed by atoms with Crippen molar-refractivity contribution in [3.05, 3.63) is 60.3 Å². The second kappa shape index (κ2) is 9.64. The molecule has 0 fully saturated rings. The van der Waals surface area contributed by atoms with E-state index in [-0.39, 0.29) is 11.5 Å². The molecule has 9 heteroatoms. The van der Waals surface area contributed by atoms with Gasteiger partial charge in [-0.2, -0.15) is 5.26 Å². The highest BCUT2D eigenvalue weighted by Crippen LogP contribution is 2.32. The quantitative estimate of drug-likeness (QED) is 0.279. The lowest BCUT2D eigenvalue weighted by Crippen LogP contribution is -2.02. The minimum Gasteiger partial charge on any atom is -0.495 e. The molecule has 0 radical (unpaired) electrons. The number of nitrogens with one attached hydrogen (secondary N) is 1. The highest BCUT2D eigenvalue weighted by Gasteiger charge is 2.16. The van der Waals surface area contributed by atoms with Crippen LogP contribution in [-0.2, 0) is 6.54 Å². The van der Waals surface area contributed by atoms with Gasteiger partial charge in [0, 0.05) is 29.2 Å². The van der Waals surface area contributed by atoms with Gasteiger partial charge in [0.15, 0.2) is 10.1 Å². The summed E-state index contributed by atoms with van der Waals surface area (Å²) in [6.45, 7) is 0.561. The number of aryl methyl sites for hydroxylation is 1. The molecule has 0 unspecified atom stereocenters. The van der Waals surface area contributed by atoms with Crippen LogP contribution in [-0.4, -0.2) is 33.4 Å². The van der Waals surface area contributed by atoms with Gasteiger partial charge in [0.1, 0.15) is 5.75 Å². The molecule has 0 saturated carbocycles. The topological polar surface area (TPSA) is 92.8 Å². The van der Waals surface area contributed by atoms with Crippen LogP contribution in [0.1, 0.15) is 16.8 Å². The summed E-state index contributed by atoms with van der Waals surface area (Å²) >= 11 is 2.75. The Labute approximate surface area is 187 Å². The van der Waals surface area contributed by atoms with E-state index in [9.17, 15) is 4.79 Å². The smallest absolute Gasteiger partial charge is 0.210 e. The van der Waals surface area contributed by atoms with Crippen LogP contribution in [0.15, 0.2) is 59.1 Å². The second-order valence-electron chi connectivity index (χ2n) is 6.57. The maximum Gasteiger partial charge on any atom is 0.210 e. The normalized spacial score (nSPS) is 10.7. The maximum atomic E-state index is 12.9. The van der Waals surface area contributed by atoms with E-state index >= 15 is 0 Å². The van der Waals surface area contributed by atoms with Crippen LogP contribution in [0.25, 0.3) is 10.9 Å². The SMILES string of the molecule is COc1ccccc1Nc1nnc(SCC(=O)c2cn(CCC#N)c3ccccc23)s1. The van der Waals surface area contributed by atoms with Gasteiger partial charge in [-0.15, -0.1) is 10.2 Å². The Kier molecular flexibility index (Phi) is 6.50. The van der Waals surface area contributed by atoms with Crippen LogP contribution in [0.5, 0.6) is 5.75 Å². The molecule has 0 bridgehead atoms.